The first-order valence-electron chi connectivity index (χ1n) is 5.37. The van der Waals surface area contributed by atoms with Crippen LogP contribution in [0.4, 0.5) is 0 Å². The summed E-state index contributed by atoms with van der Waals surface area (Å²) in [6.45, 7) is 6.04. The SMILES string of the molecule is C=C1C(c2ccccc2)=CC(C)OC1OC. The first-order chi connectivity index (χ1) is 7.72. The first kappa shape index (κ1) is 11.1. The normalized spacial score (nSPS) is 25.4. The number of hydrogen-bond acceptors (Lipinski definition) is 2. The highest BCUT2D eigenvalue weighted by Gasteiger charge is 2.24. The Labute approximate surface area is 96.2 Å². The number of rotatable bonds is 2. The maximum Gasteiger partial charge on any atom is 0.184 e. The Hall–Kier alpha value is -1.38. The van der Waals surface area contributed by atoms with Crippen molar-refractivity contribution in [3.8, 4) is 0 Å². The van der Waals surface area contributed by atoms with E-state index in [-0.39, 0.29) is 12.4 Å². The smallest absolute Gasteiger partial charge is 0.184 e. The predicted octanol–water partition coefficient (Wildman–Crippen LogP) is 3.02. The van der Waals surface area contributed by atoms with Gasteiger partial charge in [0.15, 0.2) is 6.29 Å². The lowest BCUT2D eigenvalue weighted by atomic mass is 9.95. The lowest BCUT2D eigenvalue weighted by Crippen LogP contribution is -2.27. The van der Waals surface area contributed by atoms with E-state index >= 15 is 0 Å². The van der Waals surface area contributed by atoms with Crippen LogP contribution in [0.5, 0.6) is 0 Å². The molecular formula is C14H16O2. The van der Waals surface area contributed by atoms with Gasteiger partial charge in [-0.1, -0.05) is 36.9 Å². The topological polar surface area (TPSA) is 18.5 Å². The molecule has 0 aliphatic carbocycles. The van der Waals surface area contributed by atoms with E-state index in [0.717, 1.165) is 16.7 Å². The Morgan fingerprint density at radius 2 is 1.94 bits per heavy atom. The molecule has 0 saturated carbocycles. The van der Waals surface area contributed by atoms with Gasteiger partial charge in [0.25, 0.3) is 0 Å². The molecule has 84 valence electrons. The van der Waals surface area contributed by atoms with Crippen LogP contribution in [0.3, 0.4) is 0 Å². The first-order valence-corrected chi connectivity index (χ1v) is 5.37. The molecule has 2 atom stereocenters. The maximum absolute atomic E-state index is 5.60. The number of methoxy groups -OCH3 is 1. The predicted molar refractivity (Wildman–Crippen MR) is 64.9 cm³/mol. The van der Waals surface area contributed by atoms with Crippen LogP contribution in [0, 0.1) is 0 Å². The molecule has 1 aliphatic rings. The molecule has 0 N–H and O–H groups in total. The summed E-state index contributed by atoms with van der Waals surface area (Å²) in [4.78, 5) is 0. The van der Waals surface area contributed by atoms with Crippen molar-refractivity contribution in [2.24, 2.45) is 0 Å². The Morgan fingerprint density at radius 3 is 2.56 bits per heavy atom. The number of ether oxygens (including phenoxy) is 2. The van der Waals surface area contributed by atoms with Crippen molar-refractivity contribution in [2.75, 3.05) is 7.11 Å². The second kappa shape index (κ2) is 4.64. The van der Waals surface area contributed by atoms with E-state index < -0.39 is 0 Å². The van der Waals surface area contributed by atoms with Crippen molar-refractivity contribution < 1.29 is 9.47 Å². The second-order valence-electron chi connectivity index (χ2n) is 3.88. The standard InChI is InChI=1S/C14H16O2/c1-10-9-13(11(2)14(15-3)16-10)12-7-5-4-6-8-12/h4-10,14H,2H2,1,3H3. The molecule has 0 bridgehead atoms. The van der Waals surface area contributed by atoms with Crippen LogP contribution >= 0.6 is 0 Å². The van der Waals surface area contributed by atoms with E-state index in [0.29, 0.717) is 0 Å². The summed E-state index contributed by atoms with van der Waals surface area (Å²) < 4.78 is 10.9. The van der Waals surface area contributed by atoms with Gasteiger partial charge in [0.1, 0.15) is 0 Å². The van der Waals surface area contributed by atoms with Crippen LogP contribution in [0.15, 0.2) is 48.6 Å². The van der Waals surface area contributed by atoms with Crippen molar-refractivity contribution in [3.05, 3.63) is 54.1 Å². The van der Waals surface area contributed by atoms with Crippen LogP contribution in [0.2, 0.25) is 0 Å². The van der Waals surface area contributed by atoms with Crippen LogP contribution in [0.25, 0.3) is 5.57 Å². The molecule has 2 heteroatoms. The fourth-order valence-corrected chi connectivity index (χ4v) is 1.88. The van der Waals surface area contributed by atoms with E-state index in [4.69, 9.17) is 9.47 Å². The molecule has 1 heterocycles. The third-order valence-electron chi connectivity index (χ3n) is 2.67. The average Bonchev–Trinajstić information content (AvgIpc) is 2.33. The molecule has 2 rings (SSSR count). The van der Waals surface area contributed by atoms with Gasteiger partial charge in [-0.25, -0.2) is 0 Å². The third kappa shape index (κ3) is 2.08. The zero-order valence-corrected chi connectivity index (χ0v) is 9.64. The van der Waals surface area contributed by atoms with Gasteiger partial charge in [-0.05, 0) is 24.1 Å². The van der Waals surface area contributed by atoms with Crippen molar-refractivity contribution in [3.63, 3.8) is 0 Å². The Balaban J connectivity index is 2.36. The molecule has 0 saturated heterocycles. The lowest BCUT2D eigenvalue weighted by molar-refractivity contribution is -0.115. The summed E-state index contributed by atoms with van der Waals surface area (Å²) in [6, 6.07) is 10.2. The summed E-state index contributed by atoms with van der Waals surface area (Å²) in [6.07, 6.45) is 1.79. The van der Waals surface area contributed by atoms with Crippen molar-refractivity contribution in [1.29, 1.82) is 0 Å². The Bertz CT molecular complexity index is 406. The van der Waals surface area contributed by atoms with Gasteiger partial charge in [-0.15, -0.1) is 0 Å². The fourth-order valence-electron chi connectivity index (χ4n) is 1.88. The monoisotopic (exact) mass is 216 g/mol. The van der Waals surface area contributed by atoms with Crippen LogP contribution in [-0.2, 0) is 9.47 Å². The van der Waals surface area contributed by atoms with E-state index in [1.165, 1.54) is 0 Å². The van der Waals surface area contributed by atoms with Gasteiger partial charge >= 0.3 is 0 Å². The number of hydrogen-bond donors (Lipinski definition) is 0. The fraction of sp³-hybridized carbons (Fsp3) is 0.286. The molecule has 1 aliphatic heterocycles. The minimum atomic E-state index is -0.338. The van der Waals surface area contributed by atoms with Crippen molar-refractivity contribution in [1.82, 2.24) is 0 Å². The molecule has 0 radical (unpaired) electrons. The summed E-state index contributed by atoms with van der Waals surface area (Å²) in [7, 11) is 1.64. The van der Waals surface area contributed by atoms with Crippen molar-refractivity contribution >= 4 is 5.57 Å². The van der Waals surface area contributed by atoms with Crippen LogP contribution in [-0.4, -0.2) is 19.5 Å². The Kier molecular flexibility index (Phi) is 3.22. The maximum atomic E-state index is 5.60. The highest BCUT2D eigenvalue weighted by Crippen LogP contribution is 2.31. The van der Waals surface area contributed by atoms with Gasteiger partial charge in [0.2, 0.25) is 0 Å². The van der Waals surface area contributed by atoms with Gasteiger partial charge in [0, 0.05) is 12.7 Å². The quantitative estimate of drug-likeness (QED) is 0.756. The minimum absolute atomic E-state index is 0.0469. The molecular weight excluding hydrogens is 200 g/mol. The summed E-state index contributed by atoms with van der Waals surface area (Å²) >= 11 is 0. The van der Waals surface area contributed by atoms with E-state index in [1.54, 1.807) is 7.11 Å². The zero-order chi connectivity index (χ0) is 11.5. The molecule has 0 fully saturated rings. The summed E-state index contributed by atoms with van der Waals surface area (Å²) in [5.74, 6) is 0. The third-order valence-corrected chi connectivity index (χ3v) is 2.67. The lowest BCUT2D eigenvalue weighted by Gasteiger charge is -2.28. The molecule has 0 amide bonds. The minimum Gasteiger partial charge on any atom is -0.352 e. The molecule has 0 spiro atoms. The van der Waals surface area contributed by atoms with E-state index in [2.05, 4.69) is 24.8 Å². The van der Waals surface area contributed by atoms with Crippen LogP contribution in [0.1, 0.15) is 12.5 Å². The summed E-state index contributed by atoms with van der Waals surface area (Å²) in [5.41, 5.74) is 3.16. The van der Waals surface area contributed by atoms with Gasteiger partial charge in [-0.2, -0.15) is 0 Å². The van der Waals surface area contributed by atoms with Crippen LogP contribution < -0.4 is 0 Å². The second-order valence-corrected chi connectivity index (χ2v) is 3.88. The molecule has 2 nitrogen and oxygen atoms in total. The highest BCUT2D eigenvalue weighted by molar-refractivity contribution is 5.80. The highest BCUT2D eigenvalue weighted by atomic mass is 16.7. The molecule has 1 aromatic rings. The molecule has 2 unspecified atom stereocenters. The van der Waals surface area contributed by atoms with E-state index in [1.807, 2.05) is 25.1 Å². The molecule has 1 aromatic carbocycles. The zero-order valence-electron chi connectivity index (χ0n) is 9.64. The average molecular weight is 216 g/mol. The summed E-state index contributed by atoms with van der Waals surface area (Å²) in [5, 5.41) is 0. The van der Waals surface area contributed by atoms with Gasteiger partial charge < -0.3 is 9.47 Å². The largest absolute Gasteiger partial charge is 0.352 e. The molecule has 16 heavy (non-hydrogen) atoms. The van der Waals surface area contributed by atoms with Gasteiger partial charge in [-0.3, -0.25) is 0 Å². The van der Waals surface area contributed by atoms with Gasteiger partial charge in [0.05, 0.1) is 6.10 Å². The van der Waals surface area contributed by atoms with E-state index in [9.17, 15) is 0 Å². The number of benzene rings is 1. The molecule has 0 aromatic heterocycles. The Morgan fingerprint density at radius 1 is 1.25 bits per heavy atom. The van der Waals surface area contributed by atoms with Crippen molar-refractivity contribution in [2.45, 2.75) is 19.3 Å².